The molecule has 0 unspecified atom stereocenters. The molecule has 2 aromatic heterocycles. The van der Waals surface area contributed by atoms with Gasteiger partial charge < -0.3 is 0 Å². The van der Waals surface area contributed by atoms with Gasteiger partial charge in [0.05, 0.1) is 11.1 Å². The maximum atomic E-state index is 12.9. The molecule has 0 aliphatic rings. The molecule has 0 bridgehead atoms. The Morgan fingerprint density at radius 1 is 1.41 bits per heavy atom. The summed E-state index contributed by atoms with van der Waals surface area (Å²) in [6, 6.07) is 1.38. The van der Waals surface area contributed by atoms with Crippen molar-refractivity contribution < 1.29 is 4.39 Å². The second-order valence-corrected chi connectivity index (χ2v) is 4.54. The largest absolute Gasteiger partial charge is 0.261 e. The van der Waals surface area contributed by atoms with Gasteiger partial charge in [-0.15, -0.1) is 11.3 Å². The second kappa shape index (κ2) is 6.93. The normalized spacial score (nSPS) is 9.71. The van der Waals surface area contributed by atoms with E-state index in [1.165, 1.54) is 17.4 Å². The van der Waals surface area contributed by atoms with E-state index in [1.807, 2.05) is 13.8 Å². The molecule has 0 aliphatic heterocycles. The molecule has 6 heteroatoms. The van der Waals surface area contributed by atoms with Crippen LogP contribution in [0.4, 0.5) is 4.39 Å². The van der Waals surface area contributed by atoms with Crippen molar-refractivity contribution in [3.63, 3.8) is 0 Å². The van der Waals surface area contributed by atoms with E-state index in [1.54, 1.807) is 6.20 Å². The molecule has 92 valence electrons. The number of pyridine rings is 1. The zero-order chi connectivity index (χ0) is 12.8. The second-order valence-electron chi connectivity index (χ2n) is 2.78. The van der Waals surface area contributed by atoms with Gasteiger partial charge in [-0.05, 0) is 6.07 Å². The molecule has 0 aliphatic carbocycles. The van der Waals surface area contributed by atoms with Crippen molar-refractivity contribution in [2.45, 2.75) is 19.6 Å². The van der Waals surface area contributed by atoms with Gasteiger partial charge in [0.15, 0.2) is 0 Å². The molecule has 0 saturated carbocycles. The van der Waals surface area contributed by atoms with Crippen LogP contribution in [0, 0.1) is 5.82 Å². The third-order valence-electron chi connectivity index (χ3n) is 1.75. The zero-order valence-corrected chi connectivity index (χ0v) is 11.9. The number of aromatic nitrogens is 2. The Labute approximate surface area is 114 Å². The molecule has 2 heterocycles. The fourth-order valence-corrected chi connectivity index (χ4v) is 2.63. The predicted octanol–water partition coefficient (Wildman–Crippen LogP) is 4.45. The Morgan fingerprint density at radius 3 is 2.65 bits per heavy atom. The van der Waals surface area contributed by atoms with Crippen molar-refractivity contribution in [1.82, 2.24) is 9.97 Å². The van der Waals surface area contributed by atoms with E-state index in [-0.39, 0.29) is 5.82 Å². The molecule has 2 nitrogen and oxygen atoms in total. The van der Waals surface area contributed by atoms with E-state index < -0.39 is 0 Å². The molecule has 0 saturated heterocycles. The van der Waals surface area contributed by atoms with Crippen LogP contribution in [0.15, 0.2) is 18.5 Å². The maximum Gasteiger partial charge on any atom is 0.144 e. The van der Waals surface area contributed by atoms with Crippen molar-refractivity contribution in [3.8, 4) is 10.6 Å². The minimum atomic E-state index is -0.383. The molecular weight excluding hydrogens is 279 g/mol. The maximum absolute atomic E-state index is 12.9. The van der Waals surface area contributed by atoms with Crippen molar-refractivity contribution in [2.75, 3.05) is 0 Å². The first-order chi connectivity index (χ1) is 8.20. The quantitative estimate of drug-likeness (QED) is 0.827. The Kier molecular flexibility index (Phi) is 5.88. The van der Waals surface area contributed by atoms with Gasteiger partial charge in [0.25, 0.3) is 0 Å². The van der Waals surface area contributed by atoms with E-state index in [0.29, 0.717) is 21.5 Å². The van der Waals surface area contributed by atoms with Crippen LogP contribution in [0.1, 0.15) is 18.7 Å². The van der Waals surface area contributed by atoms with Gasteiger partial charge >= 0.3 is 0 Å². The van der Waals surface area contributed by atoms with Crippen molar-refractivity contribution >= 4 is 35.6 Å². The summed E-state index contributed by atoms with van der Waals surface area (Å²) in [5, 5.41) is 1.09. The lowest BCUT2D eigenvalue weighted by molar-refractivity contribution is 0.622. The molecule has 0 N–H and O–H groups in total. The van der Waals surface area contributed by atoms with E-state index in [9.17, 15) is 4.39 Å². The number of thiol groups is 1. The lowest BCUT2D eigenvalue weighted by Gasteiger charge is -1.93. The fourth-order valence-electron chi connectivity index (χ4n) is 1.08. The summed E-state index contributed by atoms with van der Waals surface area (Å²) in [5.41, 5.74) is 0.634. The average Bonchev–Trinajstić information content (AvgIpc) is 2.73. The summed E-state index contributed by atoms with van der Waals surface area (Å²) in [4.78, 5) is 8.75. The molecule has 0 amide bonds. The van der Waals surface area contributed by atoms with Crippen LogP contribution in [-0.2, 0) is 5.75 Å². The summed E-state index contributed by atoms with van der Waals surface area (Å²) in [5.74, 6) is 0.144. The minimum absolute atomic E-state index is 0.383. The first-order valence-corrected chi connectivity index (χ1v) is 6.90. The molecule has 17 heavy (non-hydrogen) atoms. The predicted molar refractivity (Wildman–Crippen MR) is 74.4 cm³/mol. The molecule has 0 fully saturated rings. The summed E-state index contributed by atoms with van der Waals surface area (Å²) in [7, 11) is 0. The fraction of sp³-hybridized carbons (Fsp3) is 0.273. The van der Waals surface area contributed by atoms with E-state index in [0.717, 1.165) is 11.1 Å². The Morgan fingerprint density at radius 2 is 2.12 bits per heavy atom. The smallest absolute Gasteiger partial charge is 0.144 e. The third-order valence-corrected chi connectivity index (χ3v) is 3.80. The lowest BCUT2D eigenvalue weighted by atomic mass is 10.3. The first-order valence-electron chi connectivity index (χ1n) is 5.07. The first kappa shape index (κ1) is 14.4. The summed E-state index contributed by atoms with van der Waals surface area (Å²) < 4.78 is 12.9. The van der Waals surface area contributed by atoms with E-state index in [4.69, 9.17) is 11.6 Å². The van der Waals surface area contributed by atoms with Crippen molar-refractivity contribution in [3.05, 3.63) is 34.3 Å². The Bertz CT molecular complexity index is 488. The van der Waals surface area contributed by atoms with E-state index in [2.05, 4.69) is 22.6 Å². The van der Waals surface area contributed by atoms with Gasteiger partial charge in [-0.1, -0.05) is 25.4 Å². The number of rotatable bonds is 2. The number of halogens is 2. The van der Waals surface area contributed by atoms with Crippen LogP contribution in [0.2, 0.25) is 5.15 Å². The van der Waals surface area contributed by atoms with Crippen LogP contribution < -0.4 is 0 Å². The Hall–Kier alpha value is -0.650. The number of hydrogen-bond acceptors (Lipinski definition) is 4. The third kappa shape index (κ3) is 3.66. The van der Waals surface area contributed by atoms with Crippen molar-refractivity contribution in [2.24, 2.45) is 0 Å². The Balaban J connectivity index is 0.000000686. The van der Waals surface area contributed by atoms with Crippen LogP contribution in [-0.4, -0.2) is 9.97 Å². The zero-order valence-electron chi connectivity index (χ0n) is 9.44. The molecule has 0 radical (unpaired) electrons. The molecule has 0 aromatic carbocycles. The highest BCUT2D eigenvalue weighted by Gasteiger charge is 2.10. The molecular formula is C11H12ClFN2S2. The molecule has 0 atom stereocenters. The van der Waals surface area contributed by atoms with E-state index >= 15 is 0 Å². The highest BCUT2D eigenvalue weighted by atomic mass is 35.5. The summed E-state index contributed by atoms with van der Waals surface area (Å²) >= 11 is 11.4. The molecule has 2 aromatic rings. The topological polar surface area (TPSA) is 25.8 Å². The molecule has 2 rings (SSSR count). The highest BCUT2D eigenvalue weighted by Crippen LogP contribution is 2.31. The van der Waals surface area contributed by atoms with Gasteiger partial charge in [-0.3, -0.25) is 4.98 Å². The minimum Gasteiger partial charge on any atom is -0.261 e. The monoisotopic (exact) mass is 290 g/mol. The van der Waals surface area contributed by atoms with Crippen LogP contribution in [0.3, 0.4) is 0 Å². The molecule has 0 spiro atoms. The number of nitrogens with zero attached hydrogens (tertiary/aromatic N) is 2. The SMILES string of the molecule is CC.Fc1cncc(-c2nc(Cl)c(CS)s2)c1. The van der Waals surface area contributed by atoms with Crippen molar-refractivity contribution in [1.29, 1.82) is 0 Å². The summed E-state index contributed by atoms with van der Waals surface area (Å²) in [6.45, 7) is 4.00. The number of thiazole rings is 1. The van der Waals surface area contributed by atoms with Gasteiger partial charge in [-0.2, -0.15) is 12.6 Å². The lowest BCUT2D eigenvalue weighted by Crippen LogP contribution is -1.81. The van der Waals surface area contributed by atoms with Gasteiger partial charge in [-0.25, -0.2) is 9.37 Å². The highest BCUT2D eigenvalue weighted by molar-refractivity contribution is 7.79. The van der Waals surface area contributed by atoms with Crippen LogP contribution in [0.5, 0.6) is 0 Å². The standard InChI is InChI=1S/C9H6ClFN2S2.C2H6/c10-8-7(4-14)15-9(13-8)5-1-6(11)3-12-2-5;1-2/h1-3,14H,4H2;1-2H3. The number of hydrogen-bond donors (Lipinski definition) is 1. The summed E-state index contributed by atoms with van der Waals surface area (Å²) in [6.07, 6.45) is 2.71. The average molecular weight is 291 g/mol. The van der Waals surface area contributed by atoms with Gasteiger partial charge in [0.1, 0.15) is 16.0 Å². The van der Waals surface area contributed by atoms with Gasteiger partial charge in [0.2, 0.25) is 0 Å². The van der Waals surface area contributed by atoms with Crippen LogP contribution >= 0.6 is 35.6 Å². The van der Waals surface area contributed by atoms with Crippen LogP contribution in [0.25, 0.3) is 10.6 Å². The van der Waals surface area contributed by atoms with Gasteiger partial charge in [0, 0.05) is 17.5 Å².